The molecule has 3 fully saturated rings. The van der Waals surface area contributed by atoms with Crippen molar-refractivity contribution < 1.29 is 14.3 Å². The first-order valence-corrected chi connectivity index (χ1v) is 11.9. The fraction of sp³-hybridized carbons (Fsp3) is 0.696. The van der Waals surface area contributed by atoms with Gasteiger partial charge in [-0.2, -0.15) is 0 Å². The number of hydrogen-bond acceptors (Lipinski definition) is 4. The molecule has 29 heavy (non-hydrogen) atoms. The van der Waals surface area contributed by atoms with Crippen LogP contribution in [0.1, 0.15) is 50.5 Å². The van der Waals surface area contributed by atoms with E-state index in [4.69, 9.17) is 9.47 Å². The third-order valence-electron chi connectivity index (χ3n) is 6.85. The maximum atomic E-state index is 12.3. The van der Waals surface area contributed by atoms with E-state index in [2.05, 4.69) is 33.0 Å². The van der Waals surface area contributed by atoms with Crippen LogP contribution in [0.15, 0.2) is 22.7 Å². The Kier molecular flexibility index (Phi) is 7.01. The average molecular weight is 465 g/mol. The molecule has 1 saturated carbocycles. The first kappa shape index (κ1) is 21.0. The molecule has 1 aromatic rings. The Bertz CT molecular complexity index is 699. The number of carbonyl (C=O) groups is 1. The third kappa shape index (κ3) is 5.26. The first-order chi connectivity index (χ1) is 14.1. The topological polar surface area (TPSA) is 42.0 Å². The Hall–Kier alpha value is -1.27. The van der Waals surface area contributed by atoms with E-state index in [9.17, 15) is 4.79 Å². The van der Waals surface area contributed by atoms with Crippen molar-refractivity contribution in [1.82, 2.24) is 9.80 Å². The standard InChI is InChI=1S/C23H33BrN2O3/c1-28-20-7-8-22(24)18(14-20)13-17-9-11-25(12-10-17)15-21-16-26(23(27)29-21)19-5-3-2-4-6-19/h7-8,14,17,19,21H,2-6,9-13,15-16H2,1H3. The van der Waals surface area contributed by atoms with Gasteiger partial charge in [0, 0.05) is 17.1 Å². The number of nitrogens with zero attached hydrogens (tertiary/aromatic N) is 2. The molecule has 1 atom stereocenters. The van der Waals surface area contributed by atoms with E-state index in [1.54, 1.807) is 7.11 Å². The maximum absolute atomic E-state index is 12.3. The highest BCUT2D eigenvalue weighted by Gasteiger charge is 2.37. The van der Waals surface area contributed by atoms with E-state index in [1.807, 2.05) is 11.0 Å². The number of methoxy groups -OCH3 is 1. The molecule has 1 aromatic carbocycles. The highest BCUT2D eigenvalue weighted by atomic mass is 79.9. The fourth-order valence-electron chi connectivity index (χ4n) is 5.13. The number of halogens is 1. The zero-order valence-corrected chi connectivity index (χ0v) is 19.0. The van der Waals surface area contributed by atoms with Crippen molar-refractivity contribution in [2.24, 2.45) is 5.92 Å². The summed E-state index contributed by atoms with van der Waals surface area (Å²) in [7, 11) is 1.72. The number of amides is 1. The molecule has 0 radical (unpaired) electrons. The molecule has 0 N–H and O–H groups in total. The number of benzene rings is 1. The van der Waals surface area contributed by atoms with Crippen molar-refractivity contribution in [2.45, 2.75) is 63.5 Å². The molecule has 2 aliphatic heterocycles. The summed E-state index contributed by atoms with van der Waals surface area (Å²) >= 11 is 3.68. The fourth-order valence-corrected chi connectivity index (χ4v) is 5.54. The van der Waals surface area contributed by atoms with Crippen molar-refractivity contribution in [3.63, 3.8) is 0 Å². The molecular weight excluding hydrogens is 432 g/mol. The van der Waals surface area contributed by atoms with E-state index in [1.165, 1.54) is 42.1 Å². The minimum atomic E-state index is -0.0836. The molecule has 0 spiro atoms. The molecule has 0 aromatic heterocycles. The Balaban J connectivity index is 1.24. The second kappa shape index (κ2) is 9.69. The normalized spacial score (nSPS) is 24.7. The van der Waals surface area contributed by atoms with Crippen molar-refractivity contribution >= 4 is 22.0 Å². The highest BCUT2D eigenvalue weighted by molar-refractivity contribution is 9.10. The van der Waals surface area contributed by atoms with E-state index >= 15 is 0 Å². The quantitative estimate of drug-likeness (QED) is 0.602. The van der Waals surface area contributed by atoms with Gasteiger partial charge in [-0.25, -0.2) is 4.79 Å². The molecule has 2 heterocycles. The Morgan fingerprint density at radius 1 is 1.14 bits per heavy atom. The third-order valence-corrected chi connectivity index (χ3v) is 7.62. The zero-order chi connectivity index (χ0) is 20.2. The Labute approximate surface area is 182 Å². The van der Waals surface area contributed by atoms with Crippen LogP contribution in [-0.2, 0) is 11.2 Å². The van der Waals surface area contributed by atoms with Crippen LogP contribution in [0.3, 0.4) is 0 Å². The number of carbonyl (C=O) groups excluding carboxylic acids is 1. The molecule has 3 aliphatic rings. The zero-order valence-electron chi connectivity index (χ0n) is 17.4. The lowest BCUT2D eigenvalue weighted by atomic mass is 9.90. The highest BCUT2D eigenvalue weighted by Crippen LogP contribution is 2.30. The second-order valence-electron chi connectivity index (χ2n) is 8.86. The minimum Gasteiger partial charge on any atom is -0.497 e. The summed E-state index contributed by atoms with van der Waals surface area (Å²) < 4.78 is 12.3. The van der Waals surface area contributed by atoms with Gasteiger partial charge in [0.2, 0.25) is 0 Å². The maximum Gasteiger partial charge on any atom is 0.410 e. The van der Waals surface area contributed by atoms with Gasteiger partial charge in [-0.15, -0.1) is 0 Å². The van der Waals surface area contributed by atoms with E-state index in [0.29, 0.717) is 12.0 Å². The number of ether oxygens (including phenoxy) is 2. The van der Waals surface area contributed by atoms with E-state index in [-0.39, 0.29) is 12.2 Å². The summed E-state index contributed by atoms with van der Waals surface area (Å²) in [5.74, 6) is 1.62. The second-order valence-corrected chi connectivity index (χ2v) is 9.71. The van der Waals surface area contributed by atoms with Gasteiger partial charge >= 0.3 is 6.09 Å². The predicted octanol–water partition coefficient (Wildman–Crippen LogP) is 4.87. The van der Waals surface area contributed by atoms with Gasteiger partial charge in [0.05, 0.1) is 13.7 Å². The molecule has 0 bridgehead atoms. The van der Waals surface area contributed by atoms with Crippen LogP contribution < -0.4 is 4.74 Å². The van der Waals surface area contributed by atoms with Gasteiger partial charge in [0.1, 0.15) is 11.9 Å². The average Bonchev–Trinajstić information content (AvgIpc) is 3.11. The Morgan fingerprint density at radius 2 is 1.90 bits per heavy atom. The summed E-state index contributed by atoms with van der Waals surface area (Å²) in [6, 6.07) is 6.63. The van der Waals surface area contributed by atoms with Crippen LogP contribution in [0.2, 0.25) is 0 Å². The summed E-state index contributed by atoms with van der Waals surface area (Å²) in [6.07, 6.45) is 9.51. The van der Waals surface area contributed by atoms with Crippen LogP contribution in [0, 0.1) is 5.92 Å². The minimum absolute atomic E-state index is 0.0357. The SMILES string of the molecule is COc1ccc(Br)c(CC2CCN(CC3CN(C4CCCCC4)C(=O)O3)CC2)c1. The molecule has 4 rings (SSSR count). The van der Waals surface area contributed by atoms with Crippen LogP contribution in [0.5, 0.6) is 5.75 Å². The van der Waals surface area contributed by atoms with Gasteiger partial charge in [0.15, 0.2) is 0 Å². The predicted molar refractivity (Wildman–Crippen MR) is 117 cm³/mol. The summed E-state index contributed by atoms with van der Waals surface area (Å²) in [5, 5.41) is 0. The summed E-state index contributed by atoms with van der Waals surface area (Å²) in [4.78, 5) is 16.8. The van der Waals surface area contributed by atoms with Gasteiger partial charge in [-0.05, 0) is 74.9 Å². The van der Waals surface area contributed by atoms with Crippen molar-refractivity contribution in [1.29, 1.82) is 0 Å². The largest absolute Gasteiger partial charge is 0.497 e. The molecule has 1 amide bonds. The van der Waals surface area contributed by atoms with Crippen LogP contribution in [0.4, 0.5) is 4.79 Å². The van der Waals surface area contributed by atoms with Gasteiger partial charge in [-0.1, -0.05) is 35.2 Å². The molecule has 6 heteroatoms. The molecular formula is C23H33BrN2O3. The Morgan fingerprint density at radius 3 is 2.62 bits per heavy atom. The molecule has 1 unspecified atom stereocenters. The van der Waals surface area contributed by atoms with Crippen LogP contribution >= 0.6 is 15.9 Å². The summed E-state index contributed by atoms with van der Waals surface area (Å²) in [5.41, 5.74) is 1.33. The van der Waals surface area contributed by atoms with Crippen molar-refractivity contribution in [2.75, 3.05) is 33.3 Å². The van der Waals surface area contributed by atoms with Crippen LogP contribution in [-0.4, -0.2) is 61.3 Å². The van der Waals surface area contributed by atoms with Crippen LogP contribution in [0.25, 0.3) is 0 Å². The molecule has 5 nitrogen and oxygen atoms in total. The molecule has 1 aliphatic carbocycles. The molecule has 2 saturated heterocycles. The number of cyclic esters (lactones) is 1. The van der Waals surface area contributed by atoms with Crippen molar-refractivity contribution in [3.8, 4) is 5.75 Å². The summed E-state index contributed by atoms with van der Waals surface area (Å²) in [6.45, 7) is 3.83. The first-order valence-electron chi connectivity index (χ1n) is 11.1. The van der Waals surface area contributed by atoms with E-state index in [0.717, 1.165) is 51.2 Å². The lowest BCUT2D eigenvalue weighted by Gasteiger charge is -2.33. The number of hydrogen-bond donors (Lipinski definition) is 0. The van der Waals surface area contributed by atoms with Gasteiger partial charge in [-0.3, -0.25) is 4.90 Å². The van der Waals surface area contributed by atoms with E-state index < -0.39 is 0 Å². The van der Waals surface area contributed by atoms with Gasteiger partial charge < -0.3 is 14.4 Å². The number of piperidine rings is 1. The number of rotatable bonds is 6. The monoisotopic (exact) mass is 464 g/mol. The van der Waals surface area contributed by atoms with Gasteiger partial charge in [0.25, 0.3) is 0 Å². The lowest BCUT2D eigenvalue weighted by Crippen LogP contribution is -2.42. The molecule has 160 valence electrons. The number of likely N-dealkylation sites (tertiary alicyclic amines) is 1. The van der Waals surface area contributed by atoms with Crippen molar-refractivity contribution in [3.05, 3.63) is 28.2 Å². The smallest absolute Gasteiger partial charge is 0.410 e. The lowest BCUT2D eigenvalue weighted by molar-refractivity contribution is 0.0896.